The van der Waals surface area contributed by atoms with Crippen LogP contribution >= 0.6 is 0 Å². The summed E-state index contributed by atoms with van der Waals surface area (Å²) in [5.74, 6) is 0. The summed E-state index contributed by atoms with van der Waals surface area (Å²) in [7, 11) is 0. The van der Waals surface area contributed by atoms with Crippen LogP contribution in [0.1, 0.15) is 0 Å². The molecule has 0 aromatic carbocycles. The SMILES string of the molecule is [Ca+2].[F-].[F-].[Y+3]. The number of halogens is 2. The van der Waals surface area contributed by atoms with Crippen LogP contribution in [0.3, 0.4) is 0 Å². The predicted octanol–water partition coefficient (Wildman–Crippen LogP) is -6.38. The summed E-state index contributed by atoms with van der Waals surface area (Å²) in [6.45, 7) is 0. The Bertz CT molecular complexity index is 6.00. The molecule has 0 atom stereocenters. The predicted molar refractivity (Wildman–Crippen MR) is 5.75 cm³/mol. The van der Waals surface area contributed by atoms with Crippen LogP contribution in [0.2, 0.25) is 0 Å². The Labute approximate surface area is 78.3 Å². The minimum Gasteiger partial charge on any atom is -1.00 e. The fourth-order valence-corrected chi connectivity index (χ4v) is 0. The van der Waals surface area contributed by atoms with Crippen molar-refractivity contribution in [3.8, 4) is 0 Å². The summed E-state index contributed by atoms with van der Waals surface area (Å²) in [6, 6.07) is 0. The molecule has 0 aliphatic carbocycles. The Morgan fingerprint density at radius 1 is 0.750 bits per heavy atom. The van der Waals surface area contributed by atoms with Crippen LogP contribution < -0.4 is 9.41 Å². The normalized spacial score (nSPS) is 0. The van der Waals surface area contributed by atoms with E-state index in [1.807, 2.05) is 0 Å². The molecule has 0 heterocycles. The molecule has 0 saturated carbocycles. The molecule has 0 bridgehead atoms. The first-order valence-corrected chi connectivity index (χ1v) is 0. The molecule has 0 aromatic rings. The molecule has 0 rings (SSSR count). The van der Waals surface area contributed by atoms with E-state index < -0.39 is 0 Å². The summed E-state index contributed by atoms with van der Waals surface area (Å²) in [5, 5.41) is 0. The third kappa shape index (κ3) is 8.88. The van der Waals surface area contributed by atoms with Crippen molar-refractivity contribution in [1.29, 1.82) is 0 Å². The molecule has 0 aromatic heterocycles. The molecule has 0 unspecified atom stereocenters. The Morgan fingerprint density at radius 2 is 0.750 bits per heavy atom. The average Bonchev–Trinajstić information content (AvgIpc) is 0. The van der Waals surface area contributed by atoms with E-state index in [2.05, 4.69) is 0 Å². The molecule has 4 heteroatoms. The van der Waals surface area contributed by atoms with E-state index in [4.69, 9.17) is 0 Å². The van der Waals surface area contributed by atoms with Crippen molar-refractivity contribution in [3.63, 3.8) is 0 Å². The molecule has 0 amide bonds. The third-order valence-corrected chi connectivity index (χ3v) is 0. The maximum absolute atomic E-state index is 0. The summed E-state index contributed by atoms with van der Waals surface area (Å²) < 4.78 is 0. The minimum atomic E-state index is 0. The fraction of sp³-hybridized carbons (Fsp3) is 0. The molecule has 0 saturated heterocycles. The smallest absolute Gasteiger partial charge is 1.00 e. The monoisotopic (exact) mass is 167 g/mol. The van der Waals surface area contributed by atoms with Gasteiger partial charge in [0.05, 0.1) is 0 Å². The van der Waals surface area contributed by atoms with Gasteiger partial charge in [-0.15, -0.1) is 0 Å². The summed E-state index contributed by atoms with van der Waals surface area (Å²) in [5.41, 5.74) is 0. The van der Waals surface area contributed by atoms with E-state index in [1.54, 1.807) is 0 Å². The molecule has 0 aliphatic rings. The molecule has 0 radical (unpaired) electrons. The van der Waals surface area contributed by atoms with Gasteiger partial charge in [-0.1, -0.05) is 0 Å². The van der Waals surface area contributed by atoms with E-state index in [-0.39, 0.29) is 79.9 Å². The zero-order valence-electron chi connectivity index (χ0n) is 2.04. The Balaban J connectivity index is 0. The van der Waals surface area contributed by atoms with Gasteiger partial charge in [0.15, 0.2) is 0 Å². The van der Waals surface area contributed by atoms with Crippen molar-refractivity contribution >= 4 is 37.7 Å². The van der Waals surface area contributed by atoms with Crippen molar-refractivity contribution in [2.45, 2.75) is 0 Å². The largest absolute Gasteiger partial charge is 3.00 e. The number of hydrogen-bond donors (Lipinski definition) is 0. The van der Waals surface area contributed by atoms with E-state index in [0.29, 0.717) is 0 Å². The molecule has 16 valence electrons. The topological polar surface area (TPSA) is 0 Å². The standard InChI is InChI=1S/Ca.2FH.Y/h;2*1H;/q+2;;;+3/p-2. The summed E-state index contributed by atoms with van der Waals surface area (Å²) >= 11 is 0. The minimum absolute atomic E-state index is 0. The zero-order valence-corrected chi connectivity index (χ0v) is 7.09. The summed E-state index contributed by atoms with van der Waals surface area (Å²) in [6.07, 6.45) is 0. The quantitative estimate of drug-likeness (QED) is 0.315. The first kappa shape index (κ1) is 34.3. The van der Waals surface area contributed by atoms with Gasteiger partial charge in [0, 0.05) is 0 Å². The molecule has 0 fully saturated rings. The molecule has 0 aliphatic heterocycles. The van der Waals surface area contributed by atoms with Gasteiger partial charge in [0.2, 0.25) is 0 Å². The van der Waals surface area contributed by atoms with E-state index in [9.17, 15) is 0 Å². The molecular formula is CaF2Y+3. The van der Waals surface area contributed by atoms with Crippen LogP contribution in [-0.2, 0) is 32.7 Å². The zero-order chi connectivity index (χ0) is 0. The van der Waals surface area contributed by atoms with Gasteiger partial charge >= 0.3 is 70.4 Å². The van der Waals surface area contributed by atoms with Crippen LogP contribution in [0, 0.1) is 0 Å². The maximum atomic E-state index is 0. The van der Waals surface area contributed by atoms with Gasteiger partial charge in [-0.3, -0.25) is 0 Å². The average molecular weight is 167 g/mol. The molecule has 0 spiro atoms. The van der Waals surface area contributed by atoms with Gasteiger partial charge in [-0.25, -0.2) is 0 Å². The second-order valence-electron chi connectivity index (χ2n) is 0. The second kappa shape index (κ2) is 18.8. The molecule has 0 N–H and O–H groups in total. The van der Waals surface area contributed by atoms with Crippen LogP contribution in [0.25, 0.3) is 0 Å². The van der Waals surface area contributed by atoms with Gasteiger partial charge in [0.25, 0.3) is 0 Å². The molecular weight excluding hydrogens is 167 g/mol. The Kier molecular flexibility index (Phi) is 162. The van der Waals surface area contributed by atoms with Gasteiger partial charge in [-0.05, 0) is 0 Å². The molecule has 4 heavy (non-hydrogen) atoms. The van der Waals surface area contributed by atoms with E-state index in [0.717, 1.165) is 0 Å². The van der Waals surface area contributed by atoms with Crippen molar-refractivity contribution in [1.82, 2.24) is 0 Å². The number of rotatable bonds is 0. The van der Waals surface area contributed by atoms with Gasteiger partial charge in [-0.2, -0.15) is 0 Å². The van der Waals surface area contributed by atoms with Gasteiger partial charge in [0.1, 0.15) is 0 Å². The van der Waals surface area contributed by atoms with Crippen molar-refractivity contribution in [2.24, 2.45) is 0 Å². The fourth-order valence-electron chi connectivity index (χ4n) is 0. The Morgan fingerprint density at radius 3 is 0.750 bits per heavy atom. The van der Waals surface area contributed by atoms with E-state index >= 15 is 0 Å². The maximum Gasteiger partial charge on any atom is 3.00 e. The summed E-state index contributed by atoms with van der Waals surface area (Å²) in [4.78, 5) is 0. The molecule has 0 nitrogen and oxygen atoms in total. The van der Waals surface area contributed by atoms with Crippen LogP contribution in [0.15, 0.2) is 0 Å². The Hall–Kier alpha value is 2.22. The third-order valence-electron chi connectivity index (χ3n) is 0. The first-order chi connectivity index (χ1) is 0. The van der Waals surface area contributed by atoms with Gasteiger partial charge < -0.3 is 9.41 Å². The number of hydrogen-bond acceptors (Lipinski definition) is 0. The second-order valence-corrected chi connectivity index (χ2v) is 0. The van der Waals surface area contributed by atoms with Crippen LogP contribution in [0.4, 0.5) is 0 Å². The van der Waals surface area contributed by atoms with Crippen LogP contribution in [0.5, 0.6) is 0 Å². The van der Waals surface area contributed by atoms with Crippen LogP contribution in [-0.4, -0.2) is 37.7 Å². The van der Waals surface area contributed by atoms with Crippen molar-refractivity contribution in [3.05, 3.63) is 0 Å². The van der Waals surface area contributed by atoms with Crippen molar-refractivity contribution in [2.75, 3.05) is 0 Å². The first-order valence-electron chi connectivity index (χ1n) is 0. The van der Waals surface area contributed by atoms with Crippen molar-refractivity contribution < 1.29 is 42.1 Å². The van der Waals surface area contributed by atoms with E-state index in [1.165, 1.54) is 0 Å².